The molecule has 0 saturated heterocycles. The number of phenols is 1. The fourth-order valence-electron chi connectivity index (χ4n) is 0.764. The molecule has 5 heteroatoms. The number of benzene rings is 1. The molecular weight excluding hydrogens is 187 g/mol. The highest BCUT2D eigenvalue weighted by Crippen LogP contribution is 2.24. The van der Waals surface area contributed by atoms with E-state index < -0.39 is 23.1 Å². The van der Waals surface area contributed by atoms with Crippen molar-refractivity contribution in [2.45, 2.75) is 0 Å². The predicted molar refractivity (Wildman–Crippen MR) is 40.0 cm³/mol. The molecule has 0 amide bonds. The van der Waals surface area contributed by atoms with E-state index >= 15 is 0 Å². The Morgan fingerprint density at radius 3 is 2.50 bits per heavy atom. The highest BCUT2D eigenvalue weighted by molar-refractivity contribution is 6.33. The Labute approximate surface area is 72.0 Å². The monoisotopic (exact) mass is 190 g/mol. The second-order valence-electron chi connectivity index (χ2n) is 2.09. The van der Waals surface area contributed by atoms with Gasteiger partial charge in [-0.3, -0.25) is 0 Å². The first-order chi connectivity index (χ1) is 5.52. The lowest BCUT2D eigenvalue weighted by Gasteiger charge is -2.00. The molecule has 2 N–H and O–H groups in total. The van der Waals surface area contributed by atoms with Gasteiger partial charge in [-0.15, -0.1) is 0 Å². The first kappa shape index (κ1) is 8.80. The average Bonchev–Trinajstić information content (AvgIpc) is 1.82. The summed E-state index contributed by atoms with van der Waals surface area (Å²) in [4.78, 5) is 10.3. The number of carboxylic acids is 1. The lowest BCUT2D eigenvalue weighted by molar-refractivity contribution is 0.0692. The average molecular weight is 191 g/mol. The lowest BCUT2D eigenvalue weighted by Crippen LogP contribution is -2.01. The van der Waals surface area contributed by atoms with Crippen molar-refractivity contribution in [2.24, 2.45) is 0 Å². The van der Waals surface area contributed by atoms with Crippen LogP contribution in [0.5, 0.6) is 5.75 Å². The van der Waals surface area contributed by atoms with Gasteiger partial charge in [-0.05, 0) is 6.07 Å². The van der Waals surface area contributed by atoms with Crippen LogP contribution in [0.15, 0.2) is 12.1 Å². The Hall–Kier alpha value is -1.29. The number of halogens is 2. The SMILES string of the molecule is O=C(O)c1c(F)cc(O)cc1Cl. The van der Waals surface area contributed by atoms with Crippen LogP contribution in [0.4, 0.5) is 4.39 Å². The Balaban J connectivity index is 3.38. The van der Waals surface area contributed by atoms with Crippen molar-refractivity contribution in [1.29, 1.82) is 0 Å². The van der Waals surface area contributed by atoms with Crippen molar-refractivity contribution in [3.8, 4) is 5.75 Å². The van der Waals surface area contributed by atoms with E-state index in [1.165, 1.54) is 0 Å². The van der Waals surface area contributed by atoms with Gasteiger partial charge in [0.05, 0.1) is 5.02 Å². The minimum absolute atomic E-state index is 0.319. The molecule has 0 heterocycles. The Morgan fingerprint density at radius 2 is 2.08 bits per heavy atom. The summed E-state index contributed by atoms with van der Waals surface area (Å²) in [7, 11) is 0. The van der Waals surface area contributed by atoms with Gasteiger partial charge in [0.25, 0.3) is 0 Å². The summed E-state index contributed by atoms with van der Waals surface area (Å²) >= 11 is 5.35. The summed E-state index contributed by atoms with van der Waals surface area (Å²) in [5, 5.41) is 16.9. The molecule has 0 unspecified atom stereocenters. The quantitative estimate of drug-likeness (QED) is 0.711. The molecule has 1 aromatic carbocycles. The first-order valence-electron chi connectivity index (χ1n) is 2.93. The highest BCUT2D eigenvalue weighted by atomic mass is 35.5. The van der Waals surface area contributed by atoms with Gasteiger partial charge in [0.2, 0.25) is 0 Å². The van der Waals surface area contributed by atoms with E-state index in [-0.39, 0.29) is 5.02 Å². The molecule has 0 aliphatic heterocycles. The molecule has 3 nitrogen and oxygen atoms in total. The van der Waals surface area contributed by atoms with Gasteiger partial charge in [-0.1, -0.05) is 11.6 Å². The number of aromatic hydroxyl groups is 1. The summed E-state index contributed by atoms with van der Waals surface area (Å²) in [6.45, 7) is 0. The number of aromatic carboxylic acids is 1. The second kappa shape index (κ2) is 2.98. The van der Waals surface area contributed by atoms with Crippen LogP contribution in [0, 0.1) is 5.82 Å². The molecule has 1 aromatic rings. The summed E-state index contributed by atoms with van der Waals surface area (Å²) < 4.78 is 12.7. The van der Waals surface area contributed by atoms with Crippen LogP contribution in [0.3, 0.4) is 0 Å². The topological polar surface area (TPSA) is 57.5 Å². The van der Waals surface area contributed by atoms with Crippen molar-refractivity contribution >= 4 is 17.6 Å². The summed E-state index contributed by atoms with van der Waals surface area (Å²) in [5.74, 6) is -2.91. The third kappa shape index (κ3) is 1.48. The highest BCUT2D eigenvalue weighted by Gasteiger charge is 2.15. The van der Waals surface area contributed by atoms with Gasteiger partial charge < -0.3 is 10.2 Å². The molecule has 12 heavy (non-hydrogen) atoms. The summed E-state index contributed by atoms with van der Waals surface area (Å²) in [6.07, 6.45) is 0. The van der Waals surface area contributed by atoms with E-state index in [4.69, 9.17) is 21.8 Å². The van der Waals surface area contributed by atoms with Gasteiger partial charge in [-0.25, -0.2) is 9.18 Å². The smallest absolute Gasteiger partial charge is 0.340 e. The molecule has 1 rings (SSSR count). The largest absolute Gasteiger partial charge is 0.508 e. The van der Waals surface area contributed by atoms with E-state index in [0.717, 1.165) is 6.07 Å². The molecule has 64 valence electrons. The van der Waals surface area contributed by atoms with E-state index in [2.05, 4.69) is 0 Å². The predicted octanol–water partition coefficient (Wildman–Crippen LogP) is 1.88. The fraction of sp³-hybridized carbons (Fsp3) is 0. The molecule has 0 saturated carbocycles. The normalized spacial score (nSPS) is 9.83. The third-order valence-electron chi connectivity index (χ3n) is 1.24. The Kier molecular flexibility index (Phi) is 2.19. The van der Waals surface area contributed by atoms with Crippen LogP contribution in [-0.2, 0) is 0 Å². The van der Waals surface area contributed by atoms with Crippen molar-refractivity contribution in [1.82, 2.24) is 0 Å². The van der Waals surface area contributed by atoms with Crippen LogP contribution in [0.2, 0.25) is 5.02 Å². The van der Waals surface area contributed by atoms with Crippen molar-refractivity contribution in [3.05, 3.63) is 28.5 Å². The third-order valence-corrected chi connectivity index (χ3v) is 1.54. The maximum Gasteiger partial charge on any atom is 0.340 e. The summed E-state index contributed by atoms with van der Waals surface area (Å²) in [5.41, 5.74) is -0.630. The second-order valence-corrected chi connectivity index (χ2v) is 2.50. The zero-order valence-corrected chi connectivity index (χ0v) is 6.47. The van der Waals surface area contributed by atoms with Crippen LogP contribution >= 0.6 is 11.6 Å². The number of carbonyl (C=O) groups is 1. The van der Waals surface area contributed by atoms with E-state index in [0.29, 0.717) is 6.07 Å². The molecule has 0 aliphatic rings. The minimum Gasteiger partial charge on any atom is -0.508 e. The minimum atomic E-state index is -1.46. The molecule has 0 bridgehead atoms. The van der Waals surface area contributed by atoms with Crippen LogP contribution in [0.1, 0.15) is 10.4 Å². The van der Waals surface area contributed by atoms with Gasteiger partial charge in [0.15, 0.2) is 0 Å². The van der Waals surface area contributed by atoms with Crippen molar-refractivity contribution < 1.29 is 19.4 Å². The molecule has 0 aliphatic carbocycles. The number of hydrogen-bond acceptors (Lipinski definition) is 2. The van der Waals surface area contributed by atoms with Crippen molar-refractivity contribution in [3.63, 3.8) is 0 Å². The Bertz CT molecular complexity index is 314. The molecule has 0 spiro atoms. The summed E-state index contributed by atoms with van der Waals surface area (Å²) in [6, 6.07) is 1.66. The molecule has 0 atom stereocenters. The van der Waals surface area contributed by atoms with E-state index in [1.807, 2.05) is 0 Å². The lowest BCUT2D eigenvalue weighted by atomic mass is 10.2. The maximum absolute atomic E-state index is 12.7. The maximum atomic E-state index is 12.7. The number of hydrogen-bond donors (Lipinski definition) is 2. The van der Waals surface area contributed by atoms with Crippen molar-refractivity contribution in [2.75, 3.05) is 0 Å². The molecule has 0 fully saturated rings. The fourth-order valence-corrected chi connectivity index (χ4v) is 1.05. The van der Waals surface area contributed by atoms with Gasteiger partial charge >= 0.3 is 5.97 Å². The Morgan fingerprint density at radius 1 is 1.50 bits per heavy atom. The van der Waals surface area contributed by atoms with Crippen LogP contribution in [-0.4, -0.2) is 16.2 Å². The molecule has 0 aromatic heterocycles. The van der Waals surface area contributed by atoms with Crippen LogP contribution in [0.25, 0.3) is 0 Å². The van der Waals surface area contributed by atoms with Gasteiger partial charge in [0, 0.05) is 6.07 Å². The van der Waals surface area contributed by atoms with E-state index in [9.17, 15) is 9.18 Å². The van der Waals surface area contributed by atoms with Gasteiger partial charge in [-0.2, -0.15) is 0 Å². The van der Waals surface area contributed by atoms with E-state index in [1.54, 1.807) is 0 Å². The molecular formula is C7H4ClFO3. The zero-order valence-electron chi connectivity index (χ0n) is 5.71. The van der Waals surface area contributed by atoms with Gasteiger partial charge in [0.1, 0.15) is 17.1 Å². The van der Waals surface area contributed by atoms with Crippen LogP contribution < -0.4 is 0 Å². The number of rotatable bonds is 1. The first-order valence-corrected chi connectivity index (χ1v) is 3.31. The number of carboxylic acid groups (broad SMARTS) is 1. The zero-order chi connectivity index (χ0) is 9.30. The molecule has 0 radical (unpaired) electrons. The standard InChI is InChI=1S/C7H4ClFO3/c8-4-1-3(10)2-5(9)6(4)7(11)12/h1-2,10H,(H,11,12). The number of phenolic OH excluding ortho intramolecular Hbond substituents is 1.